The molecule has 0 aliphatic carbocycles. The Hall–Kier alpha value is -1.36. The number of carboxylic acids is 1. The highest BCUT2D eigenvalue weighted by Gasteiger charge is 2.11. The van der Waals surface area contributed by atoms with Crippen molar-refractivity contribution in [2.45, 2.75) is 13.8 Å². The highest BCUT2D eigenvalue weighted by Crippen LogP contribution is 2.02. The minimum atomic E-state index is -1.11. The van der Waals surface area contributed by atoms with E-state index in [1.807, 2.05) is 0 Å². The van der Waals surface area contributed by atoms with E-state index in [9.17, 15) is 9.59 Å². The molecule has 13 heavy (non-hydrogen) atoms. The molecule has 0 fully saturated rings. The van der Waals surface area contributed by atoms with E-state index in [2.05, 4.69) is 5.32 Å². The van der Waals surface area contributed by atoms with Gasteiger partial charge in [-0.2, -0.15) is 0 Å². The number of nitrogens with one attached hydrogen (secondary N) is 1. The Labute approximate surface area is 76.1 Å². The van der Waals surface area contributed by atoms with Gasteiger partial charge in [-0.05, 0) is 13.8 Å². The summed E-state index contributed by atoms with van der Waals surface area (Å²) in [5.41, 5.74) is 0.163. The van der Waals surface area contributed by atoms with Crippen LogP contribution in [0.25, 0.3) is 0 Å². The molecule has 0 bridgehead atoms. The molecule has 0 aromatic heterocycles. The largest absolute Gasteiger partial charge is 0.478 e. The summed E-state index contributed by atoms with van der Waals surface area (Å²) in [6.45, 7) is 2.75. The van der Waals surface area contributed by atoms with E-state index in [0.29, 0.717) is 0 Å². The van der Waals surface area contributed by atoms with Crippen molar-refractivity contribution in [2.75, 3.05) is 13.2 Å². The number of aliphatic hydroxyl groups excluding tert-OH is 1. The average Bonchev–Trinajstić information content (AvgIpc) is 2.11. The van der Waals surface area contributed by atoms with Gasteiger partial charge >= 0.3 is 5.97 Å². The second-order valence-electron chi connectivity index (χ2n) is 2.53. The average molecular weight is 187 g/mol. The lowest BCUT2D eigenvalue weighted by atomic mass is 10.1. The fraction of sp³-hybridized carbons (Fsp3) is 0.500. The molecule has 0 aliphatic heterocycles. The van der Waals surface area contributed by atoms with Crippen molar-refractivity contribution in [3.8, 4) is 0 Å². The van der Waals surface area contributed by atoms with Gasteiger partial charge in [0.15, 0.2) is 0 Å². The van der Waals surface area contributed by atoms with Gasteiger partial charge in [-0.25, -0.2) is 4.79 Å². The van der Waals surface area contributed by atoms with Crippen LogP contribution in [0.2, 0.25) is 0 Å². The number of aliphatic carboxylic acids is 1. The first-order chi connectivity index (χ1) is 6.00. The highest BCUT2D eigenvalue weighted by atomic mass is 16.4. The van der Waals surface area contributed by atoms with E-state index in [4.69, 9.17) is 10.2 Å². The molecule has 0 aromatic carbocycles. The van der Waals surface area contributed by atoms with Crippen molar-refractivity contribution in [1.29, 1.82) is 0 Å². The smallest absolute Gasteiger partial charge is 0.331 e. The fourth-order valence-electron chi connectivity index (χ4n) is 0.633. The fourth-order valence-corrected chi connectivity index (χ4v) is 0.633. The Bertz CT molecular complexity index is 245. The molecule has 5 nitrogen and oxygen atoms in total. The molecule has 0 aromatic rings. The number of rotatable bonds is 4. The summed E-state index contributed by atoms with van der Waals surface area (Å²) in [6, 6.07) is 0. The zero-order valence-corrected chi connectivity index (χ0v) is 7.63. The van der Waals surface area contributed by atoms with E-state index >= 15 is 0 Å². The summed E-state index contributed by atoms with van der Waals surface area (Å²) >= 11 is 0. The first-order valence-corrected chi connectivity index (χ1v) is 3.80. The Kier molecular flexibility index (Phi) is 4.76. The lowest BCUT2D eigenvalue weighted by molar-refractivity contribution is -0.133. The van der Waals surface area contributed by atoms with Crippen LogP contribution < -0.4 is 5.32 Å². The maximum Gasteiger partial charge on any atom is 0.331 e. The molecule has 0 aliphatic rings. The van der Waals surface area contributed by atoms with Crippen LogP contribution in [0.3, 0.4) is 0 Å². The van der Waals surface area contributed by atoms with Crippen molar-refractivity contribution < 1.29 is 19.8 Å². The maximum atomic E-state index is 11.1. The predicted octanol–water partition coefficient (Wildman–Crippen LogP) is -0.484. The lowest BCUT2D eigenvalue weighted by Crippen LogP contribution is -2.28. The van der Waals surface area contributed by atoms with Gasteiger partial charge in [0, 0.05) is 17.7 Å². The Balaban J connectivity index is 4.40. The second kappa shape index (κ2) is 5.31. The molecule has 0 spiro atoms. The van der Waals surface area contributed by atoms with Crippen LogP contribution in [0.1, 0.15) is 13.8 Å². The van der Waals surface area contributed by atoms with Crippen molar-refractivity contribution in [3.05, 3.63) is 11.1 Å². The minimum Gasteiger partial charge on any atom is -0.478 e. The second-order valence-corrected chi connectivity index (χ2v) is 2.53. The van der Waals surface area contributed by atoms with Crippen LogP contribution >= 0.6 is 0 Å². The third kappa shape index (κ3) is 3.71. The van der Waals surface area contributed by atoms with E-state index in [0.717, 1.165) is 0 Å². The number of carboxylic acid groups (broad SMARTS) is 1. The van der Waals surface area contributed by atoms with Gasteiger partial charge in [0.25, 0.3) is 0 Å². The normalized spacial score (nSPS) is 11.9. The van der Waals surface area contributed by atoms with Crippen LogP contribution in [0.15, 0.2) is 11.1 Å². The van der Waals surface area contributed by atoms with Crippen molar-refractivity contribution in [3.63, 3.8) is 0 Å². The first kappa shape index (κ1) is 11.6. The van der Waals surface area contributed by atoms with Gasteiger partial charge in [-0.15, -0.1) is 0 Å². The Morgan fingerprint density at radius 3 is 2.15 bits per heavy atom. The van der Waals surface area contributed by atoms with E-state index < -0.39 is 11.9 Å². The van der Waals surface area contributed by atoms with Crippen LogP contribution in [-0.2, 0) is 9.59 Å². The van der Waals surface area contributed by atoms with Crippen LogP contribution in [0.5, 0.6) is 0 Å². The van der Waals surface area contributed by atoms with Gasteiger partial charge in [-0.3, -0.25) is 4.79 Å². The monoisotopic (exact) mass is 187 g/mol. The van der Waals surface area contributed by atoms with Crippen molar-refractivity contribution in [1.82, 2.24) is 5.32 Å². The Morgan fingerprint density at radius 1 is 1.23 bits per heavy atom. The quantitative estimate of drug-likeness (QED) is 0.518. The number of carbonyl (C=O) groups is 2. The molecule has 0 radical (unpaired) electrons. The Morgan fingerprint density at radius 2 is 1.77 bits per heavy atom. The van der Waals surface area contributed by atoms with Gasteiger partial charge in [0.2, 0.25) is 5.91 Å². The summed E-state index contributed by atoms with van der Waals surface area (Å²) in [5, 5.41) is 19.3. The predicted molar refractivity (Wildman–Crippen MR) is 46.1 cm³/mol. The van der Waals surface area contributed by atoms with Gasteiger partial charge in [0.05, 0.1) is 6.61 Å². The molecule has 0 heterocycles. The standard InChI is InChI=1S/C8H13NO4/c1-5(6(2)8(12)13)7(11)9-3-4-10/h10H,3-4H2,1-2H3,(H,9,11)(H,12,13). The summed E-state index contributed by atoms with van der Waals surface area (Å²) in [7, 11) is 0. The van der Waals surface area contributed by atoms with Gasteiger partial charge in [-0.1, -0.05) is 0 Å². The summed E-state index contributed by atoms with van der Waals surface area (Å²) < 4.78 is 0. The van der Waals surface area contributed by atoms with Crippen LogP contribution in [-0.4, -0.2) is 35.2 Å². The minimum absolute atomic E-state index is 0.00967. The molecule has 0 saturated carbocycles. The summed E-state index contributed by atoms with van der Waals surface area (Å²) in [5.74, 6) is -1.58. The van der Waals surface area contributed by atoms with Crippen LogP contribution in [0.4, 0.5) is 0 Å². The third-order valence-corrected chi connectivity index (χ3v) is 1.62. The zero-order valence-electron chi connectivity index (χ0n) is 7.63. The molecule has 0 saturated heterocycles. The number of carbonyl (C=O) groups excluding carboxylic acids is 1. The number of aliphatic hydroxyl groups is 1. The van der Waals surface area contributed by atoms with Gasteiger partial charge < -0.3 is 15.5 Å². The lowest BCUT2D eigenvalue weighted by Gasteiger charge is -2.04. The molecule has 1 amide bonds. The third-order valence-electron chi connectivity index (χ3n) is 1.62. The van der Waals surface area contributed by atoms with Crippen LogP contribution in [0, 0.1) is 0 Å². The first-order valence-electron chi connectivity index (χ1n) is 3.80. The molecular formula is C8H13NO4. The number of hydrogen-bond acceptors (Lipinski definition) is 3. The van der Waals surface area contributed by atoms with E-state index in [-0.39, 0.29) is 24.3 Å². The molecule has 0 unspecified atom stereocenters. The highest BCUT2D eigenvalue weighted by molar-refractivity contribution is 6.01. The zero-order chi connectivity index (χ0) is 10.4. The molecule has 5 heteroatoms. The van der Waals surface area contributed by atoms with Crippen molar-refractivity contribution >= 4 is 11.9 Å². The molecule has 0 atom stereocenters. The molecular weight excluding hydrogens is 174 g/mol. The number of amides is 1. The summed E-state index contributed by atoms with van der Waals surface area (Å²) in [4.78, 5) is 21.5. The topological polar surface area (TPSA) is 86.6 Å². The SMILES string of the molecule is CC(C(=O)O)=C(C)C(=O)NCCO. The molecule has 74 valence electrons. The summed E-state index contributed by atoms with van der Waals surface area (Å²) in [6.07, 6.45) is 0. The maximum absolute atomic E-state index is 11.1. The van der Waals surface area contributed by atoms with Gasteiger partial charge in [0.1, 0.15) is 0 Å². The van der Waals surface area contributed by atoms with Crippen molar-refractivity contribution in [2.24, 2.45) is 0 Å². The van der Waals surface area contributed by atoms with E-state index in [1.165, 1.54) is 13.8 Å². The molecule has 3 N–H and O–H groups in total. The molecule has 0 rings (SSSR count). The van der Waals surface area contributed by atoms with E-state index in [1.54, 1.807) is 0 Å². The number of hydrogen-bond donors (Lipinski definition) is 3.